The SMILES string of the molecule is CNS(=O)(=O)CCNC(=O)Cc1nc(-c2ccc(C(C)C)cc2)oc1C. The Morgan fingerprint density at radius 2 is 1.88 bits per heavy atom. The second-order valence-corrected chi connectivity index (χ2v) is 8.39. The lowest BCUT2D eigenvalue weighted by Gasteiger charge is -2.05. The normalized spacial score (nSPS) is 11.7. The molecule has 1 aromatic carbocycles. The summed E-state index contributed by atoms with van der Waals surface area (Å²) in [6.07, 6.45) is 0.0407. The van der Waals surface area contributed by atoms with Gasteiger partial charge < -0.3 is 9.73 Å². The standard InChI is InChI=1S/C18H25N3O4S/c1-12(2)14-5-7-15(8-6-14)18-21-16(13(3)25-18)11-17(22)20-9-10-26(23,24)19-4/h5-8,12,19H,9-11H2,1-4H3,(H,20,22). The van der Waals surface area contributed by atoms with E-state index in [1.54, 1.807) is 6.92 Å². The number of benzene rings is 1. The van der Waals surface area contributed by atoms with Gasteiger partial charge in [0.25, 0.3) is 0 Å². The summed E-state index contributed by atoms with van der Waals surface area (Å²) in [5.74, 6) is 1.03. The number of sulfonamides is 1. The highest BCUT2D eigenvalue weighted by Gasteiger charge is 2.15. The average molecular weight is 379 g/mol. The van der Waals surface area contributed by atoms with Crippen LogP contribution in [0.15, 0.2) is 28.7 Å². The molecular weight excluding hydrogens is 354 g/mol. The number of nitrogens with one attached hydrogen (secondary N) is 2. The summed E-state index contributed by atoms with van der Waals surface area (Å²) in [4.78, 5) is 16.4. The molecule has 26 heavy (non-hydrogen) atoms. The van der Waals surface area contributed by atoms with Crippen LogP contribution in [0.25, 0.3) is 11.5 Å². The summed E-state index contributed by atoms with van der Waals surface area (Å²) < 4.78 is 30.5. The minimum absolute atomic E-state index is 0.0407. The predicted molar refractivity (Wildman–Crippen MR) is 100 cm³/mol. The van der Waals surface area contributed by atoms with Crippen LogP contribution in [0.4, 0.5) is 0 Å². The van der Waals surface area contributed by atoms with Crippen molar-refractivity contribution in [1.29, 1.82) is 0 Å². The Labute approximate surface area is 154 Å². The van der Waals surface area contributed by atoms with Crippen LogP contribution in [0.3, 0.4) is 0 Å². The van der Waals surface area contributed by atoms with Crippen molar-refractivity contribution in [2.75, 3.05) is 19.3 Å². The number of amides is 1. The van der Waals surface area contributed by atoms with Crippen LogP contribution in [0.2, 0.25) is 0 Å². The predicted octanol–water partition coefficient (Wildman–Crippen LogP) is 1.98. The number of aromatic nitrogens is 1. The van der Waals surface area contributed by atoms with Crippen molar-refractivity contribution in [2.24, 2.45) is 0 Å². The number of hydrogen-bond donors (Lipinski definition) is 2. The van der Waals surface area contributed by atoms with Gasteiger partial charge in [0.05, 0.1) is 17.9 Å². The Morgan fingerprint density at radius 3 is 2.46 bits per heavy atom. The molecule has 0 aliphatic carbocycles. The molecule has 2 N–H and O–H groups in total. The van der Waals surface area contributed by atoms with Crippen molar-refractivity contribution < 1.29 is 17.6 Å². The molecule has 1 amide bonds. The van der Waals surface area contributed by atoms with Gasteiger partial charge in [0.1, 0.15) is 5.76 Å². The first-order valence-electron chi connectivity index (χ1n) is 8.46. The molecule has 1 heterocycles. The summed E-state index contributed by atoms with van der Waals surface area (Å²) >= 11 is 0. The first-order valence-corrected chi connectivity index (χ1v) is 10.1. The summed E-state index contributed by atoms with van der Waals surface area (Å²) in [5.41, 5.74) is 2.62. The van der Waals surface area contributed by atoms with E-state index in [1.165, 1.54) is 12.6 Å². The topological polar surface area (TPSA) is 101 Å². The monoisotopic (exact) mass is 379 g/mol. The molecule has 0 saturated heterocycles. The van der Waals surface area contributed by atoms with E-state index in [-0.39, 0.29) is 24.6 Å². The quantitative estimate of drug-likeness (QED) is 0.730. The molecule has 0 aliphatic heterocycles. The van der Waals surface area contributed by atoms with Crippen molar-refractivity contribution in [3.8, 4) is 11.5 Å². The fourth-order valence-corrected chi connectivity index (χ4v) is 2.94. The highest BCUT2D eigenvalue weighted by atomic mass is 32.2. The van der Waals surface area contributed by atoms with Gasteiger partial charge in [-0.2, -0.15) is 0 Å². The Morgan fingerprint density at radius 1 is 1.23 bits per heavy atom. The third kappa shape index (κ3) is 5.40. The highest BCUT2D eigenvalue weighted by Crippen LogP contribution is 2.24. The maximum Gasteiger partial charge on any atom is 0.226 e. The number of hydrogen-bond acceptors (Lipinski definition) is 5. The Bertz CT molecular complexity index is 855. The molecular formula is C18H25N3O4S. The average Bonchev–Trinajstić information content (AvgIpc) is 2.95. The van der Waals surface area contributed by atoms with E-state index in [2.05, 4.69) is 28.9 Å². The van der Waals surface area contributed by atoms with Crippen LogP contribution in [-0.4, -0.2) is 38.7 Å². The van der Waals surface area contributed by atoms with Crippen LogP contribution < -0.4 is 10.0 Å². The first kappa shape index (κ1) is 20.1. The number of oxazole rings is 1. The van der Waals surface area contributed by atoms with E-state index in [4.69, 9.17) is 4.42 Å². The smallest absolute Gasteiger partial charge is 0.226 e. The number of aryl methyl sites for hydroxylation is 1. The molecule has 0 fully saturated rings. The maximum atomic E-state index is 12.0. The summed E-state index contributed by atoms with van der Waals surface area (Å²) in [7, 11) is -2.00. The molecule has 142 valence electrons. The molecule has 0 spiro atoms. The van der Waals surface area contributed by atoms with Crippen molar-refractivity contribution in [3.05, 3.63) is 41.3 Å². The van der Waals surface area contributed by atoms with Gasteiger partial charge in [-0.1, -0.05) is 26.0 Å². The number of carbonyl (C=O) groups is 1. The molecule has 8 heteroatoms. The molecule has 7 nitrogen and oxygen atoms in total. The van der Waals surface area contributed by atoms with Crippen LogP contribution in [0.1, 0.15) is 36.8 Å². The van der Waals surface area contributed by atoms with E-state index >= 15 is 0 Å². The Balaban J connectivity index is 2.00. The lowest BCUT2D eigenvalue weighted by Crippen LogP contribution is -2.33. The van der Waals surface area contributed by atoms with Crippen molar-refractivity contribution >= 4 is 15.9 Å². The van der Waals surface area contributed by atoms with Gasteiger partial charge in [0, 0.05) is 12.1 Å². The zero-order valence-electron chi connectivity index (χ0n) is 15.5. The van der Waals surface area contributed by atoms with Gasteiger partial charge in [-0.3, -0.25) is 4.79 Å². The van der Waals surface area contributed by atoms with Crippen LogP contribution >= 0.6 is 0 Å². The number of carbonyl (C=O) groups excluding carboxylic acids is 1. The van der Waals surface area contributed by atoms with Gasteiger partial charge in [-0.25, -0.2) is 18.1 Å². The zero-order valence-corrected chi connectivity index (χ0v) is 16.3. The van der Waals surface area contributed by atoms with E-state index < -0.39 is 10.0 Å². The Hall–Kier alpha value is -2.19. The van der Waals surface area contributed by atoms with Crippen LogP contribution in [-0.2, 0) is 21.2 Å². The maximum absolute atomic E-state index is 12.0. The first-order chi connectivity index (χ1) is 12.2. The minimum atomic E-state index is -3.34. The highest BCUT2D eigenvalue weighted by molar-refractivity contribution is 7.89. The lowest BCUT2D eigenvalue weighted by molar-refractivity contribution is -0.120. The van der Waals surface area contributed by atoms with Gasteiger partial charge >= 0.3 is 0 Å². The minimum Gasteiger partial charge on any atom is -0.441 e. The van der Waals surface area contributed by atoms with Gasteiger partial charge in [0.2, 0.25) is 21.8 Å². The van der Waals surface area contributed by atoms with Crippen LogP contribution in [0.5, 0.6) is 0 Å². The fraction of sp³-hybridized carbons (Fsp3) is 0.444. The molecule has 0 radical (unpaired) electrons. The van der Waals surface area contributed by atoms with Gasteiger partial charge in [0.15, 0.2) is 0 Å². The number of nitrogens with zero attached hydrogens (tertiary/aromatic N) is 1. The molecule has 2 aromatic rings. The molecule has 0 saturated carbocycles. The van der Waals surface area contributed by atoms with Crippen molar-refractivity contribution in [1.82, 2.24) is 15.0 Å². The van der Waals surface area contributed by atoms with E-state index in [1.807, 2.05) is 24.3 Å². The Kier molecular flexibility index (Phi) is 6.55. The molecule has 0 unspecified atom stereocenters. The zero-order chi connectivity index (χ0) is 19.3. The van der Waals surface area contributed by atoms with Gasteiger partial charge in [-0.15, -0.1) is 0 Å². The van der Waals surface area contributed by atoms with Crippen LogP contribution in [0, 0.1) is 6.92 Å². The second kappa shape index (κ2) is 8.46. The summed E-state index contributed by atoms with van der Waals surface area (Å²) in [6, 6.07) is 7.97. The fourth-order valence-electron chi connectivity index (χ4n) is 2.37. The third-order valence-electron chi connectivity index (χ3n) is 4.05. The third-order valence-corrected chi connectivity index (χ3v) is 5.41. The van der Waals surface area contributed by atoms with Crippen molar-refractivity contribution in [3.63, 3.8) is 0 Å². The van der Waals surface area contributed by atoms with E-state index in [0.717, 1.165) is 5.56 Å². The van der Waals surface area contributed by atoms with E-state index in [0.29, 0.717) is 23.3 Å². The molecule has 0 bridgehead atoms. The lowest BCUT2D eigenvalue weighted by atomic mass is 10.0. The largest absolute Gasteiger partial charge is 0.441 e. The van der Waals surface area contributed by atoms with Crippen molar-refractivity contribution in [2.45, 2.75) is 33.1 Å². The summed E-state index contributed by atoms with van der Waals surface area (Å²) in [5, 5.41) is 2.58. The molecule has 2 rings (SSSR count). The molecule has 1 aromatic heterocycles. The molecule has 0 atom stereocenters. The second-order valence-electron chi connectivity index (χ2n) is 6.35. The molecule has 0 aliphatic rings. The van der Waals surface area contributed by atoms with E-state index in [9.17, 15) is 13.2 Å². The number of rotatable bonds is 8. The van der Waals surface area contributed by atoms with Gasteiger partial charge in [-0.05, 0) is 37.6 Å². The summed E-state index contributed by atoms with van der Waals surface area (Å²) in [6.45, 7) is 6.06.